The highest BCUT2D eigenvalue weighted by molar-refractivity contribution is 5.85. The van der Waals surface area contributed by atoms with E-state index >= 15 is 0 Å². The molecule has 0 aliphatic heterocycles. The van der Waals surface area contributed by atoms with Gasteiger partial charge in [0.15, 0.2) is 18.1 Å². The average molecular weight is 404 g/mol. The van der Waals surface area contributed by atoms with E-state index in [4.69, 9.17) is 14.2 Å². The van der Waals surface area contributed by atoms with Gasteiger partial charge in [-0.25, -0.2) is 5.43 Å². The molecule has 1 amide bonds. The third-order valence-corrected chi connectivity index (χ3v) is 4.50. The van der Waals surface area contributed by atoms with Gasteiger partial charge in [0.05, 0.1) is 20.4 Å². The number of nitrogens with zero attached hydrogens (tertiary/aromatic N) is 1. The molecule has 0 fully saturated rings. The number of methoxy groups -OCH3 is 2. The minimum Gasteiger partial charge on any atom is -0.493 e. The van der Waals surface area contributed by atoms with Gasteiger partial charge in [-0.3, -0.25) is 4.79 Å². The molecule has 3 aromatic carbocycles. The highest BCUT2D eigenvalue weighted by Gasteiger charge is 2.07. The van der Waals surface area contributed by atoms with Crippen molar-refractivity contribution in [3.8, 4) is 28.4 Å². The van der Waals surface area contributed by atoms with Crippen LogP contribution in [0.4, 0.5) is 0 Å². The molecule has 0 bridgehead atoms. The fourth-order valence-corrected chi connectivity index (χ4v) is 2.86. The van der Waals surface area contributed by atoms with Gasteiger partial charge in [-0.15, -0.1) is 0 Å². The van der Waals surface area contributed by atoms with Crippen molar-refractivity contribution < 1.29 is 19.0 Å². The topological polar surface area (TPSA) is 69.2 Å². The molecular weight excluding hydrogens is 380 g/mol. The number of ether oxygens (including phenoxy) is 3. The maximum Gasteiger partial charge on any atom is 0.277 e. The van der Waals surface area contributed by atoms with Crippen molar-refractivity contribution in [2.24, 2.45) is 5.10 Å². The second-order valence-electron chi connectivity index (χ2n) is 6.54. The van der Waals surface area contributed by atoms with E-state index in [0.717, 1.165) is 22.3 Å². The maximum absolute atomic E-state index is 12.0. The first-order valence-electron chi connectivity index (χ1n) is 9.43. The molecule has 0 spiro atoms. The standard InChI is InChI=1S/C24H24N2O4/c1-17-13-22(28-2)23(29-3)14-20(17)15-25-26-24(27)16-30-21-11-9-19(10-12-21)18-7-5-4-6-8-18/h4-15H,16H2,1-3H3,(H,26,27)/b25-15+. The highest BCUT2D eigenvalue weighted by Crippen LogP contribution is 2.29. The van der Waals surface area contributed by atoms with Crippen LogP contribution in [0.25, 0.3) is 11.1 Å². The molecule has 0 atom stereocenters. The van der Waals surface area contributed by atoms with E-state index in [2.05, 4.69) is 10.5 Å². The monoisotopic (exact) mass is 404 g/mol. The fraction of sp³-hybridized carbons (Fsp3) is 0.167. The lowest BCUT2D eigenvalue weighted by Crippen LogP contribution is -2.24. The highest BCUT2D eigenvalue weighted by atomic mass is 16.5. The van der Waals surface area contributed by atoms with Crippen LogP contribution in [0.5, 0.6) is 17.2 Å². The van der Waals surface area contributed by atoms with Crippen molar-refractivity contribution in [1.82, 2.24) is 5.43 Å². The molecule has 3 rings (SSSR count). The van der Waals surface area contributed by atoms with Crippen LogP contribution in [0, 0.1) is 6.92 Å². The number of carbonyl (C=O) groups is 1. The normalized spacial score (nSPS) is 10.6. The number of amides is 1. The molecule has 3 aromatic rings. The number of hydrazone groups is 1. The van der Waals surface area contributed by atoms with Gasteiger partial charge in [0, 0.05) is 5.56 Å². The quantitative estimate of drug-likeness (QED) is 0.451. The predicted molar refractivity (Wildman–Crippen MR) is 117 cm³/mol. The Kier molecular flexibility index (Phi) is 7.05. The summed E-state index contributed by atoms with van der Waals surface area (Å²) in [5, 5.41) is 4.00. The molecule has 0 aliphatic rings. The summed E-state index contributed by atoms with van der Waals surface area (Å²) in [7, 11) is 3.15. The average Bonchev–Trinajstić information content (AvgIpc) is 2.79. The van der Waals surface area contributed by atoms with Gasteiger partial charge in [0.25, 0.3) is 5.91 Å². The van der Waals surface area contributed by atoms with Crippen molar-refractivity contribution in [3.05, 3.63) is 77.9 Å². The van der Waals surface area contributed by atoms with E-state index in [0.29, 0.717) is 17.2 Å². The Bertz CT molecular complexity index is 1020. The number of benzene rings is 3. The summed E-state index contributed by atoms with van der Waals surface area (Å²) < 4.78 is 16.1. The van der Waals surface area contributed by atoms with Gasteiger partial charge in [0.2, 0.25) is 0 Å². The van der Waals surface area contributed by atoms with E-state index in [-0.39, 0.29) is 12.5 Å². The van der Waals surface area contributed by atoms with Crippen LogP contribution < -0.4 is 19.6 Å². The van der Waals surface area contributed by atoms with Crippen LogP contribution in [0.15, 0.2) is 71.8 Å². The lowest BCUT2D eigenvalue weighted by atomic mass is 10.1. The molecule has 0 radical (unpaired) electrons. The van der Waals surface area contributed by atoms with Crippen molar-refractivity contribution in [2.45, 2.75) is 6.92 Å². The molecule has 0 unspecified atom stereocenters. The summed E-state index contributed by atoms with van der Waals surface area (Å²) in [6.07, 6.45) is 1.56. The number of aryl methyl sites for hydroxylation is 1. The van der Waals surface area contributed by atoms with Gasteiger partial charge in [-0.05, 0) is 47.9 Å². The summed E-state index contributed by atoms with van der Waals surface area (Å²) in [6.45, 7) is 1.79. The third kappa shape index (κ3) is 5.38. The van der Waals surface area contributed by atoms with Crippen molar-refractivity contribution in [2.75, 3.05) is 20.8 Å². The Morgan fingerprint density at radius 1 is 0.933 bits per heavy atom. The summed E-state index contributed by atoms with van der Waals surface area (Å²) in [4.78, 5) is 12.0. The van der Waals surface area contributed by atoms with Crippen LogP contribution in [-0.4, -0.2) is 32.9 Å². The zero-order chi connectivity index (χ0) is 21.3. The molecular formula is C24H24N2O4. The Labute approximate surface area is 176 Å². The van der Waals surface area contributed by atoms with Gasteiger partial charge < -0.3 is 14.2 Å². The zero-order valence-electron chi connectivity index (χ0n) is 17.2. The second kappa shape index (κ2) is 10.1. The van der Waals surface area contributed by atoms with Crippen LogP contribution >= 0.6 is 0 Å². The van der Waals surface area contributed by atoms with Gasteiger partial charge in [-0.1, -0.05) is 42.5 Å². The minimum atomic E-state index is -0.350. The zero-order valence-corrected chi connectivity index (χ0v) is 17.2. The fourth-order valence-electron chi connectivity index (χ4n) is 2.86. The molecule has 30 heavy (non-hydrogen) atoms. The first kappa shape index (κ1) is 20.9. The Hall–Kier alpha value is -3.80. The van der Waals surface area contributed by atoms with E-state index in [1.807, 2.05) is 67.6 Å². The van der Waals surface area contributed by atoms with Crippen LogP contribution in [0.3, 0.4) is 0 Å². The summed E-state index contributed by atoms with van der Waals surface area (Å²) in [6, 6.07) is 21.3. The largest absolute Gasteiger partial charge is 0.493 e. The van der Waals surface area contributed by atoms with Crippen LogP contribution in [0.1, 0.15) is 11.1 Å². The first-order chi connectivity index (χ1) is 14.6. The summed E-state index contributed by atoms with van der Waals surface area (Å²) in [5.74, 6) is 1.50. The van der Waals surface area contributed by atoms with Crippen molar-refractivity contribution in [1.29, 1.82) is 0 Å². The Morgan fingerprint density at radius 3 is 2.23 bits per heavy atom. The van der Waals surface area contributed by atoms with Crippen LogP contribution in [0.2, 0.25) is 0 Å². The van der Waals surface area contributed by atoms with E-state index < -0.39 is 0 Å². The molecule has 1 N–H and O–H groups in total. The molecule has 0 saturated carbocycles. The molecule has 0 aliphatic carbocycles. The molecule has 0 saturated heterocycles. The number of carbonyl (C=O) groups excluding carboxylic acids is 1. The van der Waals surface area contributed by atoms with Gasteiger partial charge in [0.1, 0.15) is 5.75 Å². The molecule has 154 valence electrons. The lowest BCUT2D eigenvalue weighted by molar-refractivity contribution is -0.123. The maximum atomic E-state index is 12.0. The minimum absolute atomic E-state index is 0.132. The molecule has 0 heterocycles. The number of hydrogen-bond acceptors (Lipinski definition) is 5. The summed E-state index contributed by atoms with van der Waals surface area (Å²) >= 11 is 0. The molecule has 6 nitrogen and oxygen atoms in total. The Balaban J connectivity index is 1.53. The number of rotatable bonds is 8. The van der Waals surface area contributed by atoms with Gasteiger partial charge >= 0.3 is 0 Å². The Morgan fingerprint density at radius 2 is 1.57 bits per heavy atom. The van der Waals surface area contributed by atoms with E-state index in [9.17, 15) is 4.79 Å². The van der Waals surface area contributed by atoms with Crippen molar-refractivity contribution >= 4 is 12.1 Å². The number of hydrogen-bond donors (Lipinski definition) is 1. The van der Waals surface area contributed by atoms with Crippen LogP contribution in [-0.2, 0) is 4.79 Å². The smallest absolute Gasteiger partial charge is 0.277 e. The lowest BCUT2D eigenvalue weighted by Gasteiger charge is -2.10. The number of nitrogens with one attached hydrogen (secondary N) is 1. The van der Waals surface area contributed by atoms with Crippen molar-refractivity contribution in [3.63, 3.8) is 0 Å². The van der Waals surface area contributed by atoms with Gasteiger partial charge in [-0.2, -0.15) is 5.10 Å². The predicted octanol–water partition coefficient (Wildman–Crippen LogP) is 4.21. The molecule has 6 heteroatoms. The van der Waals surface area contributed by atoms with E-state index in [1.165, 1.54) is 0 Å². The molecule has 0 aromatic heterocycles. The third-order valence-electron chi connectivity index (χ3n) is 4.50. The second-order valence-corrected chi connectivity index (χ2v) is 6.54. The van der Waals surface area contributed by atoms with E-state index in [1.54, 1.807) is 26.5 Å². The SMILES string of the molecule is COc1cc(C)c(/C=N/NC(=O)COc2ccc(-c3ccccc3)cc2)cc1OC. The summed E-state index contributed by atoms with van der Waals surface area (Å²) in [5.41, 5.74) is 6.43. The first-order valence-corrected chi connectivity index (χ1v) is 9.43.